The summed E-state index contributed by atoms with van der Waals surface area (Å²) in [5, 5.41) is 15.2. The van der Waals surface area contributed by atoms with Gasteiger partial charge in [-0.3, -0.25) is 4.79 Å². The molecule has 0 aliphatic rings. The monoisotopic (exact) mass is 280 g/mol. The minimum atomic E-state index is -0.592. The number of hydrogen-bond donors (Lipinski definition) is 1. The largest absolute Gasteiger partial charge is 0.381 e. The number of thiophene rings is 1. The second-order valence-electron chi connectivity index (χ2n) is 3.84. The fraction of sp³-hybridized carbons (Fsp3) is 0.273. The average Bonchev–Trinajstić information content (AvgIpc) is 3.00. The molecule has 2 aromatic heterocycles. The van der Waals surface area contributed by atoms with Crippen LogP contribution in [0.4, 0.5) is 5.82 Å². The normalized spacial score (nSPS) is 10.3. The van der Waals surface area contributed by atoms with E-state index < -0.39 is 4.92 Å². The molecule has 0 saturated heterocycles. The summed E-state index contributed by atoms with van der Waals surface area (Å²) >= 11 is 1.64. The molecule has 0 saturated carbocycles. The minimum absolute atomic E-state index is 0.0330. The minimum Gasteiger partial charge on any atom is -0.358 e. The van der Waals surface area contributed by atoms with Gasteiger partial charge < -0.3 is 20.0 Å². The number of carbonyl (C=O) groups excluding carboxylic acids is 1. The van der Waals surface area contributed by atoms with Crippen molar-refractivity contribution in [3.8, 4) is 0 Å². The maximum Gasteiger partial charge on any atom is 0.381 e. The molecule has 2 aromatic rings. The molecule has 0 aliphatic heterocycles. The van der Waals surface area contributed by atoms with E-state index in [4.69, 9.17) is 0 Å². The molecule has 0 unspecified atom stereocenters. The van der Waals surface area contributed by atoms with Crippen LogP contribution < -0.4 is 5.32 Å². The van der Waals surface area contributed by atoms with E-state index in [9.17, 15) is 14.9 Å². The number of nitrogens with zero attached hydrogens (tertiary/aromatic N) is 3. The number of nitro groups is 1. The smallest absolute Gasteiger partial charge is 0.358 e. The van der Waals surface area contributed by atoms with Crippen LogP contribution in [0.1, 0.15) is 4.88 Å². The fourth-order valence-electron chi connectivity index (χ4n) is 1.53. The van der Waals surface area contributed by atoms with Gasteiger partial charge in [0.2, 0.25) is 12.2 Å². The number of imidazole rings is 1. The number of carbonyl (C=O) groups is 1. The van der Waals surface area contributed by atoms with Crippen LogP contribution in [0.2, 0.25) is 0 Å². The van der Waals surface area contributed by atoms with Crippen LogP contribution in [0.3, 0.4) is 0 Å². The lowest BCUT2D eigenvalue weighted by Gasteiger charge is -2.03. The Bertz CT molecular complexity index is 564. The number of nitrogens with one attached hydrogen (secondary N) is 1. The fourth-order valence-corrected chi connectivity index (χ4v) is 2.24. The van der Waals surface area contributed by atoms with Gasteiger partial charge in [0.05, 0.1) is 0 Å². The molecule has 0 spiro atoms. The van der Waals surface area contributed by atoms with E-state index in [0.717, 1.165) is 6.42 Å². The van der Waals surface area contributed by atoms with Crippen molar-refractivity contribution in [2.24, 2.45) is 0 Å². The van der Waals surface area contributed by atoms with Gasteiger partial charge in [-0.25, -0.2) is 0 Å². The van der Waals surface area contributed by atoms with Crippen molar-refractivity contribution in [2.45, 2.75) is 13.0 Å². The molecule has 19 heavy (non-hydrogen) atoms. The highest BCUT2D eigenvalue weighted by Gasteiger charge is 2.11. The van der Waals surface area contributed by atoms with Crippen LogP contribution in [0.5, 0.6) is 0 Å². The predicted octanol–water partition coefficient (Wildman–Crippen LogP) is 1.21. The lowest BCUT2D eigenvalue weighted by atomic mass is 10.3. The molecular formula is C11H12N4O3S. The standard InChI is InChI=1S/C11H12N4O3S/c16-11(12-4-3-9-2-1-5-19-9)7-14-6-10(13-8-14)15(17)18/h1-2,5-6,8H,3-4,7H2,(H,12,16). The van der Waals surface area contributed by atoms with E-state index in [1.807, 2.05) is 17.5 Å². The summed E-state index contributed by atoms with van der Waals surface area (Å²) in [7, 11) is 0. The van der Waals surface area contributed by atoms with Crippen molar-refractivity contribution in [1.82, 2.24) is 14.9 Å². The van der Waals surface area contributed by atoms with Gasteiger partial charge in [0.15, 0.2) is 0 Å². The van der Waals surface area contributed by atoms with Crippen molar-refractivity contribution in [3.63, 3.8) is 0 Å². The Balaban J connectivity index is 1.75. The summed E-state index contributed by atoms with van der Waals surface area (Å²) in [5.74, 6) is -0.449. The lowest BCUT2D eigenvalue weighted by Crippen LogP contribution is -2.28. The van der Waals surface area contributed by atoms with E-state index in [-0.39, 0.29) is 18.3 Å². The highest BCUT2D eigenvalue weighted by molar-refractivity contribution is 7.09. The van der Waals surface area contributed by atoms with Crippen LogP contribution in [0.15, 0.2) is 30.0 Å². The van der Waals surface area contributed by atoms with Crippen molar-refractivity contribution in [2.75, 3.05) is 6.54 Å². The summed E-state index contributed by atoms with van der Waals surface area (Å²) in [6.45, 7) is 0.585. The molecule has 0 radical (unpaired) electrons. The van der Waals surface area contributed by atoms with Crippen molar-refractivity contribution in [1.29, 1.82) is 0 Å². The summed E-state index contributed by atoms with van der Waals surface area (Å²) in [5.41, 5.74) is 0. The average molecular weight is 280 g/mol. The van der Waals surface area contributed by atoms with E-state index in [1.165, 1.54) is 22.0 Å². The lowest BCUT2D eigenvalue weighted by molar-refractivity contribution is -0.389. The Morgan fingerprint density at radius 1 is 1.58 bits per heavy atom. The van der Waals surface area contributed by atoms with E-state index in [0.29, 0.717) is 6.54 Å². The number of amides is 1. The first-order valence-corrected chi connectivity index (χ1v) is 6.48. The zero-order valence-corrected chi connectivity index (χ0v) is 10.8. The summed E-state index contributed by atoms with van der Waals surface area (Å²) in [6.07, 6.45) is 3.29. The van der Waals surface area contributed by atoms with Gasteiger partial charge in [0.1, 0.15) is 12.7 Å². The first-order valence-electron chi connectivity index (χ1n) is 5.60. The first-order chi connectivity index (χ1) is 9.15. The maximum absolute atomic E-state index is 11.6. The van der Waals surface area contributed by atoms with Crippen LogP contribution in [-0.2, 0) is 17.8 Å². The van der Waals surface area contributed by atoms with Crippen LogP contribution in [-0.4, -0.2) is 26.9 Å². The molecule has 0 fully saturated rings. The molecule has 0 atom stereocenters. The van der Waals surface area contributed by atoms with E-state index in [2.05, 4.69) is 10.3 Å². The van der Waals surface area contributed by atoms with Gasteiger partial charge in [-0.05, 0) is 27.8 Å². The first kappa shape index (κ1) is 13.2. The molecule has 100 valence electrons. The third kappa shape index (κ3) is 3.88. The molecule has 0 aromatic carbocycles. The van der Waals surface area contributed by atoms with Crippen molar-refractivity contribution < 1.29 is 9.72 Å². The molecule has 8 heteroatoms. The van der Waals surface area contributed by atoms with Crippen molar-refractivity contribution in [3.05, 3.63) is 45.0 Å². The molecule has 0 aliphatic carbocycles. The molecule has 1 N–H and O–H groups in total. The molecule has 0 bridgehead atoms. The number of rotatable bonds is 6. The SMILES string of the molecule is O=C(Cn1cnc([N+](=O)[O-])c1)NCCc1cccs1. The van der Waals surface area contributed by atoms with Gasteiger partial charge in [-0.2, -0.15) is 0 Å². The molecule has 2 heterocycles. The Labute approximate surface area is 113 Å². The van der Waals surface area contributed by atoms with Crippen molar-refractivity contribution >= 4 is 23.1 Å². The third-order valence-electron chi connectivity index (χ3n) is 2.41. The Morgan fingerprint density at radius 2 is 2.42 bits per heavy atom. The van der Waals surface area contributed by atoms with Crippen LogP contribution in [0.25, 0.3) is 0 Å². The van der Waals surface area contributed by atoms with Crippen LogP contribution >= 0.6 is 11.3 Å². The molecule has 1 amide bonds. The highest BCUT2D eigenvalue weighted by Crippen LogP contribution is 2.08. The predicted molar refractivity (Wildman–Crippen MR) is 69.9 cm³/mol. The van der Waals surface area contributed by atoms with Gasteiger partial charge in [-0.1, -0.05) is 6.07 Å². The second kappa shape index (κ2) is 6.10. The maximum atomic E-state index is 11.6. The highest BCUT2D eigenvalue weighted by atomic mass is 32.1. The zero-order valence-electron chi connectivity index (χ0n) is 9.98. The molecule has 7 nitrogen and oxygen atoms in total. The summed E-state index contributed by atoms with van der Waals surface area (Å²) in [6, 6.07) is 3.97. The van der Waals surface area contributed by atoms with Gasteiger partial charge in [0.25, 0.3) is 0 Å². The topological polar surface area (TPSA) is 90.1 Å². The quantitative estimate of drug-likeness (QED) is 0.636. The Kier molecular flexibility index (Phi) is 4.24. The van der Waals surface area contributed by atoms with Gasteiger partial charge in [0, 0.05) is 11.4 Å². The molecular weight excluding hydrogens is 268 g/mol. The summed E-state index contributed by atoms with van der Waals surface area (Å²) in [4.78, 5) is 26.2. The third-order valence-corrected chi connectivity index (χ3v) is 3.34. The number of hydrogen-bond acceptors (Lipinski definition) is 5. The zero-order chi connectivity index (χ0) is 13.7. The van der Waals surface area contributed by atoms with Gasteiger partial charge >= 0.3 is 5.82 Å². The van der Waals surface area contributed by atoms with E-state index >= 15 is 0 Å². The second-order valence-corrected chi connectivity index (χ2v) is 4.87. The number of aromatic nitrogens is 2. The van der Waals surface area contributed by atoms with E-state index in [1.54, 1.807) is 11.3 Å². The summed E-state index contributed by atoms with van der Waals surface area (Å²) < 4.78 is 1.39. The Hall–Kier alpha value is -2.22. The molecule has 2 rings (SSSR count). The van der Waals surface area contributed by atoms with Gasteiger partial charge in [-0.15, -0.1) is 11.3 Å². The van der Waals surface area contributed by atoms with Crippen LogP contribution in [0, 0.1) is 10.1 Å². The Morgan fingerprint density at radius 3 is 3.05 bits per heavy atom.